The van der Waals surface area contributed by atoms with Gasteiger partial charge in [-0.3, -0.25) is 0 Å². The highest BCUT2D eigenvalue weighted by atomic mass is 19.2. The first kappa shape index (κ1) is 12.1. The molecule has 0 radical (unpaired) electrons. The van der Waals surface area contributed by atoms with E-state index in [4.69, 9.17) is 5.26 Å². The Bertz CT molecular complexity index is 660. The third-order valence-corrected chi connectivity index (χ3v) is 2.70. The zero-order valence-corrected chi connectivity index (χ0v) is 9.54. The van der Waals surface area contributed by atoms with E-state index < -0.39 is 11.6 Å². The summed E-state index contributed by atoms with van der Waals surface area (Å²) in [7, 11) is 0. The lowest BCUT2D eigenvalue weighted by atomic mass is 10.0. The van der Waals surface area contributed by atoms with Crippen molar-refractivity contribution >= 4 is 0 Å². The highest BCUT2D eigenvalue weighted by molar-refractivity contribution is 5.68. The number of aromatic hydroxyl groups is 1. The second kappa shape index (κ2) is 4.46. The van der Waals surface area contributed by atoms with E-state index in [0.717, 1.165) is 0 Å². The van der Waals surface area contributed by atoms with Gasteiger partial charge in [-0.05, 0) is 30.2 Å². The van der Waals surface area contributed by atoms with Crippen molar-refractivity contribution in [3.63, 3.8) is 0 Å². The van der Waals surface area contributed by atoms with Crippen molar-refractivity contribution in [2.75, 3.05) is 0 Å². The maximum Gasteiger partial charge on any atom is 0.166 e. The molecule has 0 aromatic heterocycles. The van der Waals surface area contributed by atoms with Crippen LogP contribution < -0.4 is 0 Å². The van der Waals surface area contributed by atoms with E-state index in [-0.39, 0.29) is 22.4 Å². The van der Waals surface area contributed by atoms with Crippen molar-refractivity contribution in [3.05, 3.63) is 53.1 Å². The standard InChI is InChI=1S/C14H9F2NO/c1-8-2-4-11(14(16)13(8)15)9-3-5-12(18)10(6-9)7-17/h2-6,18H,1H3. The van der Waals surface area contributed by atoms with Crippen molar-refractivity contribution < 1.29 is 13.9 Å². The molecule has 0 bridgehead atoms. The summed E-state index contributed by atoms with van der Waals surface area (Å²) in [6, 6.07) is 8.73. The maximum absolute atomic E-state index is 13.8. The van der Waals surface area contributed by atoms with Crippen LogP contribution in [0.2, 0.25) is 0 Å². The van der Waals surface area contributed by atoms with Gasteiger partial charge in [-0.2, -0.15) is 5.26 Å². The number of phenolic OH excluding ortho intramolecular Hbond substituents is 1. The molecule has 18 heavy (non-hydrogen) atoms. The van der Waals surface area contributed by atoms with Gasteiger partial charge in [0.2, 0.25) is 0 Å². The number of rotatable bonds is 1. The molecular weight excluding hydrogens is 236 g/mol. The second-order valence-corrected chi connectivity index (χ2v) is 3.90. The van der Waals surface area contributed by atoms with E-state index in [0.29, 0.717) is 5.56 Å². The van der Waals surface area contributed by atoms with Gasteiger partial charge >= 0.3 is 0 Å². The van der Waals surface area contributed by atoms with Gasteiger partial charge in [-0.1, -0.05) is 18.2 Å². The highest BCUT2D eigenvalue weighted by Gasteiger charge is 2.13. The summed E-state index contributed by atoms with van der Waals surface area (Å²) >= 11 is 0. The van der Waals surface area contributed by atoms with Crippen molar-refractivity contribution in [1.82, 2.24) is 0 Å². The van der Waals surface area contributed by atoms with Crippen molar-refractivity contribution in [1.29, 1.82) is 5.26 Å². The monoisotopic (exact) mass is 245 g/mol. The molecule has 2 rings (SSSR count). The number of aryl methyl sites for hydroxylation is 1. The Morgan fingerprint density at radius 3 is 2.50 bits per heavy atom. The van der Waals surface area contributed by atoms with Gasteiger partial charge in [0, 0.05) is 5.56 Å². The number of hydrogen-bond acceptors (Lipinski definition) is 2. The number of nitriles is 1. The van der Waals surface area contributed by atoms with Gasteiger partial charge < -0.3 is 5.11 Å². The van der Waals surface area contributed by atoms with Crippen LogP contribution >= 0.6 is 0 Å². The molecule has 0 saturated heterocycles. The van der Waals surface area contributed by atoms with Gasteiger partial charge in [0.1, 0.15) is 11.8 Å². The molecule has 0 atom stereocenters. The summed E-state index contributed by atoms with van der Waals surface area (Å²) in [5.41, 5.74) is 0.652. The molecule has 2 aromatic rings. The van der Waals surface area contributed by atoms with Crippen molar-refractivity contribution in [2.45, 2.75) is 6.92 Å². The van der Waals surface area contributed by atoms with Gasteiger partial charge in [0.15, 0.2) is 11.6 Å². The molecule has 0 unspecified atom stereocenters. The molecule has 0 fully saturated rings. The lowest BCUT2D eigenvalue weighted by Crippen LogP contribution is -1.93. The molecule has 0 amide bonds. The van der Waals surface area contributed by atoms with Crippen LogP contribution in [0, 0.1) is 29.9 Å². The van der Waals surface area contributed by atoms with E-state index in [9.17, 15) is 13.9 Å². The van der Waals surface area contributed by atoms with Crippen molar-refractivity contribution in [2.24, 2.45) is 0 Å². The summed E-state index contributed by atoms with van der Waals surface area (Å²) in [4.78, 5) is 0. The largest absolute Gasteiger partial charge is 0.507 e. The summed E-state index contributed by atoms with van der Waals surface area (Å²) in [5, 5.41) is 18.1. The Hall–Kier alpha value is -2.41. The number of halogens is 2. The van der Waals surface area contributed by atoms with Crippen LogP contribution in [0.3, 0.4) is 0 Å². The average molecular weight is 245 g/mol. The molecule has 0 aliphatic heterocycles. The zero-order valence-electron chi connectivity index (χ0n) is 9.54. The third kappa shape index (κ3) is 1.91. The molecule has 2 nitrogen and oxygen atoms in total. The van der Waals surface area contributed by atoms with Gasteiger partial charge in [0.05, 0.1) is 5.56 Å². The molecule has 0 heterocycles. The van der Waals surface area contributed by atoms with Gasteiger partial charge in [-0.25, -0.2) is 8.78 Å². The van der Waals surface area contributed by atoms with Crippen LogP contribution in [0.5, 0.6) is 5.75 Å². The Balaban J connectivity index is 2.64. The fourth-order valence-corrected chi connectivity index (χ4v) is 1.66. The topological polar surface area (TPSA) is 44.0 Å². The Kier molecular flexibility index (Phi) is 2.99. The third-order valence-electron chi connectivity index (χ3n) is 2.70. The first-order valence-electron chi connectivity index (χ1n) is 5.22. The van der Waals surface area contributed by atoms with Crippen LogP contribution in [0.25, 0.3) is 11.1 Å². The minimum atomic E-state index is -0.954. The fourth-order valence-electron chi connectivity index (χ4n) is 1.66. The summed E-state index contributed by atoms with van der Waals surface area (Å²) < 4.78 is 27.2. The minimum absolute atomic E-state index is 0.0212. The van der Waals surface area contributed by atoms with E-state index in [2.05, 4.69) is 0 Å². The zero-order chi connectivity index (χ0) is 13.3. The number of nitrogens with zero attached hydrogens (tertiary/aromatic N) is 1. The first-order valence-corrected chi connectivity index (χ1v) is 5.22. The predicted molar refractivity (Wildman–Crippen MR) is 62.9 cm³/mol. The normalized spacial score (nSPS) is 10.1. The number of hydrogen-bond donors (Lipinski definition) is 1. The molecule has 0 aliphatic carbocycles. The molecule has 1 N–H and O–H groups in total. The number of phenols is 1. The Labute approximate surface area is 103 Å². The molecule has 2 aromatic carbocycles. The predicted octanol–water partition coefficient (Wildman–Crippen LogP) is 3.52. The van der Waals surface area contributed by atoms with Crippen molar-refractivity contribution in [3.8, 4) is 22.9 Å². The Morgan fingerprint density at radius 2 is 1.83 bits per heavy atom. The van der Waals surface area contributed by atoms with Crippen LogP contribution in [0.15, 0.2) is 30.3 Å². The van der Waals surface area contributed by atoms with Crippen LogP contribution in [-0.2, 0) is 0 Å². The smallest absolute Gasteiger partial charge is 0.166 e. The van der Waals surface area contributed by atoms with E-state index >= 15 is 0 Å². The van der Waals surface area contributed by atoms with Crippen LogP contribution in [0.4, 0.5) is 8.78 Å². The molecular formula is C14H9F2NO. The summed E-state index contributed by atoms with van der Waals surface area (Å²) in [6.45, 7) is 1.47. The Morgan fingerprint density at radius 1 is 1.11 bits per heavy atom. The van der Waals surface area contributed by atoms with E-state index in [1.165, 1.54) is 37.3 Å². The lowest BCUT2D eigenvalue weighted by Gasteiger charge is -2.07. The maximum atomic E-state index is 13.8. The number of benzene rings is 2. The first-order chi connectivity index (χ1) is 8.54. The highest BCUT2D eigenvalue weighted by Crippen LogP contribution is 2.29. The van der Waals surface area contributed by atoms with E-state index in [1.807, 2.05) is 0 Å². The van der Waals surface area contributed by atoms with Gasteiger partial charge in [0.25, 0.3) is 0 Å². The summed E-state index contributed by atoms with van der Waals surface area (Å²) in [5.74, 6) is -2.04. The summed E-state index contributed by atoms with van der Waals surface area (Å²) in [6.07, 6.45) is 0. The average Bonchev–Trinajstić information content (AvgIpc) is 2.37. The molecule has 90 valence electrons. The van der Waals surface area contributed by atoms with Crippen LogP contribution in [-0.4, -0.2) is 5.11 Å². The molecule has 0 spiro atoms. The SMILES string of the molecule is Cc1ccc(-c2ccc(O)c(C#N)c2)c(F)c1F. The quantitative estimate of drug-likeness (QED) is 0.835. The lowest BCUT2D eigenvalue weighted by molar-refractivity contribution is 0.473. The molecule has 4 heteroatoms. The molecule has 0 aliphatic rings. The second-order valence-electron chi connectivity index (χ2n) is 3.90. The molecule has 0 saturated carbocycles. The van der Waals surface area contributed by atoms with E-state index in [1.54, 1.807) is 6.07 Å². The fraction of sp³-hybridized carbons (Fsp3) is 0.0714. The van der Waals surface area contributed by atoms with Gasteiger partial charge in [-0.15, -0.1) is 0 Å². The van der Waals surface area contributed by atoms with Crippen LogP contribution in [0.1, 0.15) is 11.1 Å². The minimum Gasteiger partial charge on any atom is -0.507 e.